The second-order valence-corrected chi connectivity index (χ2v) is 3.68. The first-order chi connectivity index (χ1) is 8.33. The van der Waals surface area contributed by atoms with Crippen molar-refractivity contribution in [2.24, 2.45) is 4.99 Å². The number of aliphatic imine (C=N–C) groups is 1. The molecule has 0 saturated heterocycles. The molecular formula is C15H14N2. The van der Waals surface area contributed by atoms with Gasteiger partial charge in [-0.05, 0) is 0 Å². The number of nitrogens with one attached hydrogen (secondary N) is 1. The Bertz CT molecular complexity index is 527. The predicted molar refractivity (Wildman–Crippen MR) is 72.2 cm³/mol. The Morgan fingerprint density at radius 1 is 0.824 bits per heavy atom. The lowest BCUT2D eigenvalue weighted by molar-refractivity contribution is 1.42. The molecule has 0 aliphatic rings. The van der Waals surface area contributed by atoms with Gasteiger partial charge in [-0.3, -0.25) is 10.4 Å². The van der Waals surface area contributed by atoms with Gasteiger partial charge in [0.15, 0.2) is 0 Å². The molecule has 1 N–H and O–H groups in total. The Morgan fingerprint density at radius 2 is 1.29 bits per heavy atom. The van der Waals surface area contributed by atoms with Crippen molar-refractivity contribution in [2.45, 2.75) is 0 Å². The molecule has 84 valence electrons. The fraction of sp³-hybridized carbons (Fsp3) is 0.0667. The summed E-state index contributed by atoms with van der Waals surface area (Å²) in [5, 5.41) is 8.19. The van der Waals surface area contributed by atoms with Gasteiger partial charge in [0.1, 0.15) is 0 Å². The van der Waals surface area contributed by atoms with Crippen LogP contribution in [0.2, 0.25) is 0 Å². The van der Waals surface area contributed by atoms with Gasteiger partial charge in [-0.25, -0.2) is 0 Å². The Kier molecular flexibility index (Phi) is 3.46. The van der Waals surface area contributed by atoms with Gasteiger partial charge < -0.3 is 0 Å². The summed E-state index contributed by atoms with van der Waals surface area (Å²) < 4.78 is 0. The molecule has 0 aliphatic carbocycles. The highest BCUT2D eigenvalue weighted by Crippen LogP contribution is 2.08. The first-order valence-electron chi connectivity index (χ1n) is 5.49. The molecule has 2 heteroatoms. The SMILES string of the molecule is CN=C(C(=N)c1ccccc1)c1ccccc1. The van der Waals surface area contributed by atoms with E-state index < -0.39 is 0 Å². The molecule has 0 heterocycles. The fourth-order valence-corrected chi connectivity index (χ4v) is 1.72. The van der Waals surface area contributed by atoms with E-state index >= 15 is 0 Å². The van der Waals surface area contributed by atoms with E-state index in [9.17, 15) is 0 Å². The van der Waals surface area contributed by atoms with Crippen LogP contribution in [0, 0.1) is 5.41 Å². The number of benzene rings is 2. The maximum Gasteiger partial charge on any atom is 0.0898 e. The van der Waals surface area contributed by atoms with E-state index in [2.05, 4.69) is 4.99 Å². The minimum atomic E-state index is 0.458. The van der Waals surface area contributed by atoms with Crippen LogP contribution in [-0.4, -0.2) is 18.5 Å². The molecule has 2 nitrogen and oxygen atoms in total. The number of nitrogens with zero attached hydrogens (tertiary/aromatic N) is 1. The molecule has 0 fully saturated rings. The molecule has 2 aromatic rings. The molecule has 2 aromatic carbocycles. The first kappa shape index (κ1) is 11.3. The molecule has 2 rings (SSSR count). The predicted octanol–water partition coefficient (Wildman–Crippen LogP) is 3.17. The Morgan fingerprint density at radius 3 is 1.76 bits per heavy atom. The quantitative estimate of drug-likeness (QED) is 0.774. The van der Waals surface area contributed by atoms with Crippen molar-refractivity contribution in [1.82, 2.24) is 0 Å². The summed E-state index contributed by atoms with van der Waals surface area (Å²) in [6.07, 6.45) is 0. The molecule has 17 heavy (non-hydrogen) atoms. The summed E-state index contributed by atoms with van der Waals surface area (Å²) in [6.45, 7) is 0. The van der Waals surface area contributed by atoms with E-state index in [0.717, 1.165) is 16.8 Å². The highest BCUT2D eigenvalue weighted by atomic mass is 14.7. The zero-order chi connectivity index (χ0) is 12.1. The summed E-state index contributed by atoms with van der Waals surface area (Å²) in [5.74, 6) is 0. The van der Waals surface area contributed by atoms with Crippen LogP contribution in [-0.2, 0) is 0 Å². The van der Waals surface area contributed by atoms with Crippen molar-refractivity contribution in [1.29, 1.82) is 5.41 Å². The zero-order valence-electron chi connectivity index (χ0n) is 9.72. The van der Waals surface area contributed by atoms with E-state index in [1.807, 2.05) is 60.7 Å². The van der Waals surface area contributed by atoms with Crippen LogP contribution in [0.25, 0.3) is 0 Å². The summed E-state index contributed by atoms with van der Waals surface area (Å²) in [4.78, 5) is 4.23. The Labute approximate surface area is 101 Å². The Balaban J connectivity index is 2.37. The van der Waals surface area contributed by atoms with Gasteiger partial charge in [0.05, 0.1) is 11.4 Å². The molecule has 0 bridgehead atoms. The maximum atomic E-state index is 8.19. The number of hydrogen-bond donors (Lipinski definition) is 1. The van der Waals surface area contributed by atoms with Crippen molar-refractivity contribution in [2.75, 3.05) is 7.05 Å². The molecule has 0 saturated carbocycles. The van der Waals surface area contributed by atoms with Crippen molar-refractivity contribution >= 4 is 11.4 Å². The third-order valence-electron chi connectivity index (χ3n) is 2.57. The van der Waals surface area contributed by atoms with Crippen LogP contribution in [0.5, 0.6) is 0 Å². The highest BCUT2D eigenvalue weighted by Gasteiger charge is 2.10. The van der Waals surface area contributed by atoms with Gasteiger partial charge in [0.25, 0.3) is 0 Å². The molecule has 0 amide bonds. The second kappa shape index (κ2) is 5.21. The average molecular weight is 222 g/mol. The van der Waals surface area contributed by atoms with Crippen LogP contribution in [0.4, 0.5) is 0 Å². The zero-order valence-corrected chi connectivity index (χ0v) is 9.72. The topological polar surface area (TPSA) is 36.2 Å². The average Bonchev–Trinajstić information content (AvgIpc) is 2.42. The van der Waals surface area contributed by atoms with E-state index in [1.54, 1.807) is 7.05 Å². The lowest BCUT2D eigenvalue weighted by Crippen LogP contribution is -2.15. The summed E-state index contributed by atoms with van der Waals surface area (Å²) >= 11 is 0. The van der Waals surface area contributed by atoms with Crippen LogP contribution >= 0.6 is 0 Å². The molecule has 0 radical (unpaired) electrons. The van der Waals surface area contributed by atoms with Crippen LogP contribution in [0.3, 0.4) is 0 Å². The van der Waals surface area contributed by atoms with Crippen molar-refractivity contribution < 1.29 is 0 Å². The van der Waals surface area contributed by atoms with E-state index in [0.29, 0.717) is 5.71 Å². The Hall–Kier alpha value is -2.22. The fourth-order valence-electron chi connectivity index (χ4n) is 1.72. The molecule has 0 unspecified atom stereocenters. The maximum absolute atomic E-state index is 8.19. The minimum Gasteiger partial charge on any atom is -0.298 e. The summed E-state index contributed by atoms with van der Waals surface area (Å²) in [6, 6.07) is 19.5. The molecule has 0 aromatic heterocycles. The smallest absolute Gasteiger partial charge is 0.0898 e. The molecular weight excluding hydrogens is 208 g/mol. The van der Waals surface area contributed by atoms with Crippen molar-refractivity contribution in [3.63, 3.8) is 0 Å². The van der Waals surface area contributed by atoms with E-state index in [-0.39, 0.29) is 0 Å². The van der Waals surface area contributed by atoms with Gasteiger partial charge in [-0.2, -0.15) is 0 Å². The van der Waals surface area contributed by atoms with Gasteiger partial charge in [-0.15, -0.1) is 0 Å². The van der Waals surface area contributed by atoms with Crippen LogP contribution in [0.15, 0.2) is 65.7 Å². The summed E-state index contributed by atoms with van der Waals surface area (Å²) in [7, 11) is 1.72. The molecule has 0 atom stereocenters. The standard InChI is InChI=1S/C15H14N2/c1-17-15(13-10-6-3-7-11-13)14(16)12-8-4-2-5-9-12/h2-11,16H,1H3. The number of hydrogen-bond acceptors (Lipinski definition) is 2. The summed E-state index contributed by atoms with van der Waals surface area (Å²) in [5.41, 5.74) is 3.04. The van der Waals surface area contributed by atoms with Gasteiger partial charge in [-0.1, -0.05) is 60.7 Å². The van der Waals surface area contributed by atoms with E-state index in [1.165, 1.54) is 0 Å². The number of rotatable bonds is 3. The van der Waals surface area contributed by atoms with Crippen molar-refractivity contribution in [3.05, 3.63) is 71.8 Å². The monoisotopic (exact) mass is 222 g/mol. The molecule has 0 aliphatic heterocycles. The largest absolute Gasteiger partial charge is 0.298 e. The van der Waals surface area contributed by atoms with Crippen molar-refractivity contribution in [3.8, 4) is 0 Å². The van der Waals surface area contributed by atoms with Gasteiger partial charge in [0.2, 0.25) is 0 Å². The second-order valence-electron chi connectivity index (χ2n) is 3.68. The molecule has 0 spiro atoms. The van der Waals surface area contributed by atoms with E-state index in [4.69, 9.17) is 5.41 Å². The normalized spacial score (nSPS) is 11.2. The van der Waals surface area contributed by atoms with Crippen LogP contribution in [0.1, 0.15) is 11.1 Å². The first-order valence-corrected chi connectivity index (χ1v) is 5.49. The van der Waals surface area contributed by atoms with Gasteiger partial charge in [0, 0.05) is 18.2 Å². The highest BCUT2D eigenvalue weighted by molar-refractivity contribution is 6.52. The lowest BCUT2D eigenvalue weighted by atomic mass is 10.00. The third kappa shape index (κ3) is 2.48. The minimum absolute atomic E-state index is 0.458. The third-order valence-corrected chi connectivity index (χ3v) is 2.57. The van der Waals surface area contributed by atoms with Crippen LogP contribution < -0.4 is 0 Å². The van der Waals surface area contributed by atoms with Gasteiger partial charge >= 0.3 is 0 Å². The lowest BCUT2D eigenvalue weighted by Gasteiger charge is -2.07.